The number of amides is 2. The fourth-order valence-electron chi connectivity index (χ4n) is 4.84. The van der Waals surface area contributed by atoms with Gasteiger partial charge in [-0.25, -0.2) is 9.97 Å². The predicted octanol–water partition coefficient (Wildman–Crippen LogP) is 2.36. The standard InChI is InChI=1S/C22H23N5O3/c1-30-16-6-4-15(5-7-16)19-22(10-8-18(28)25-22)9-2-13-27(19)20(29)17-14-26-12-3-11-23-21(26)24-17/h3-7,11-12,14,19H,2,8-10,13H2,1H3,(H,25,28)/t19-,22+/m1/s1. The van der Waals surface area contributed by atoms with E-state index in [4.69, 9.17) is 4.74 Å². The summed E-state index contributed by atoms with van der Waals surface area (Å²) in [6.07, 6.45) is 8.04. The van der Waals surface area contributed by atoms with Crippen LogP contribution >= 0.6 is 0 Å². The van der Waals surface area contributed by atoms with Crippen LogP contribution in [0.15, 0.2) is 48.9 Å². The largest absolute Gasteiger partial charge is 0.497 e. The average Bonchev–Trinajstić information content (AvgIpc) is 3.37. The summed E-state index contributed by atoms with van der Waals surface area (Å²) in [5.41, 5.74) is 0.873. The van der Waals surface area contributed by atoms with E-state index in [-0.39, 0.29) is 17.9 Å². The van der Waals surface area contributed by atoms with E-state index >= 15 is 0 Å². The first-order valence-electron chi connectivity index (χ1n) is 10.2. The van der Waals surface area contributed by atoms with Crippen LogP contribution < -0.4 is 10.1 Å². The highest BCUT2D eigenvalue weighted by Gasteiger charge is 2.51. The monoisotopic (exact) mass is 405 g/mol. The van der Waals surface area contributed by atoms with Crippen LogP contribution in [0.1, 0.15) is 47.8 Å². The van der Waals surface area contributed by atoms with E-state index in [1.165, 1.54) is 0 Å². The van der Waals surface area contributed by atoms with E-state index in [1.54, 1.807) is 30.0 Å². The Bertz CT molecular complexity index is 1080. The molecule has 0 unspecified atom stereocenters. The molecule has 2 fully saturated rings. The van der Waals surface area contributed by atoms with Gasteiger partial charge in [-0.3, -0.25) is 14.0 Å². The number of rotatable bonds is 3. The maximum absolute atomic E-state index is 13.6. The molecule has 1 aromatic carbocycles. The minimum Gasteiger partial charge on any atom is -0.497 e. The number of carbonyl (C=O) groups is 2. The zero-order valence-corrected chi connectivity index (χ0v) is 16.7. The Balaban J connectivity index is 1.57. The van der Waals surface area contributed by atoms with Crippen molar-refractivity contribution in [1.29, 1.82) is 0 Å². The lowest BCUT2D eigenvalue weighted by Crippen LogP contribution is -2.58. The van der Waals surface area contributed by atoms with Gasteiger partial charge in [0.1, 0.15) is 11.4 Å². The molecule has 2 amide bonds. The number of likely N-dealkylation sites (tertiary alicyclic amines) is 1. The highest BCUT2D eigenvalue weighted by atomic mass is 16.5. The lowest BCUT2D eigenvalue weighted by Gasteiger charge is -2.48. The molecule has 0 radical (unpaired) electrons. The quantitative estimate of drug-likeness (QED) is 0.723. The van der Waals surface area contributed by atoms with Gasteiger partial charge >= 0.3 is 0 Å². The minimum absolute atomic E-state index is 0.0414. The molecule has 2 aromatic heterocycles. The van der Waals surface area contributed by atoms with Gasteiger partial charge in [0.2, 0.25) is 11.7 Å². The fraction of sp³-hybridized carbons (Fsp3) is 0.364. The number of hydrogen-bond donors (Lipinski definition) is 1. The summed E-state index contributed by atoms with van der Waals surface area (Å²) in [4.78, 5) is 36.3. The first-order valence-corrected chi connectivity index (χ1v) is 10.2. The summed E-state index contributed by atoms with van der Waals surface area (Å²) in [5, 5.41) is 3.21. The molecule has 154 valence electrons. The van der Waals surface area contributed by atoms with Gasteiger partial charge in [-0.15, -0.1) is 0 Å². The van der Waals surface area contributed by atoms with Gasteiger partial charge in [0.25, 0.3) is 5.91 Å². The third kappa shape index (κ3) is 2.99. The molecule has 1 N–H and O–H groups in total. The number of fused-ring (bicyclic) bond motifs is 1. The van der Waals surface area contributed by atoms with Crippen molar-refractivity contribution in [3.63, 3.8) is 0 Å². The Hall–Kier alpha value is -3.42. The van der Waals surface area contributed by atoms with Crippen molar-refractivity contribution in [2.75, 3.05) is 13.7 Å². The first kappa shape index (κ1) is 18.6. The number of hydrogen-bond acceptors (Lipinski definition) is 5. The number of ether oxygens (including phenoxy) is 1. The number of nitrogens with one attached hydrogen (secondary N) is 1. The highest BCUT2D eigenvalue weighted by Crippen LogP contribution is 2.45. The van der Waals surface area contributed by atoms with Crippen molar-refractivity contribution < 1.29 is 14.3 Å². The van der Waals surface area contributed by atoms with Crippen LogP contribution in [0.25, 0.3) is 5.78 Å². The van der Waals surface area contributed by atoms with Crippen molar-refractivity contribution in [3.05, 3.63) is 60.2 Å². The Labute approximate surface area is 173 Å². The van der Waals surface area contributed by atoms with Gasteiger partial charge in [-0.1, -0.05) is 12.1 Å². The molecule has 2 aliphatic heterocycles. The molecule has 2 saturated heterocycles. The molecule has 0 aliphatic carbocycles. The van der Waals surface area contributed by atoms with Gasteiger partial charge in [0, 0.05) is 31.6 Å². The Kier molecular flexibility index (Phi) is 4.42. The fourth-order valence-corrected chi connectivity index (χ4v) is 4.84. The molecule has 5 rings (SSSR count). The van der Waals surface area contributed by atoms with E-state index in [9.17, 15) is 9.59 Å². The Morgan fingerprint density at radius 1 is 1.27 bits per heavy atom. The molecule has 8 heteroatoms. The van der Waals surface area contributed by atoms with Crippen LogP contribution in [-0.2, 0) is 4.79 Å². The van der Waals surface area contributed by atoms with Crippen molar-refractivity contribution in [2.45, 2.75) is 37.3 Å². The van der Waals surface area contributed by atoms with Crippen molar-refractivity contribution in [2.24, 2.45) is 0 Å². The Morgan fingerprint density at radius 3 is 2.80 bits per heavy atom. The van der Waals surface area contributed by atoms with Crippen LogP contribution in [0.3, 0.4) is 0 Å². The van der Waals surface area contributed by atoms with Crippen molar-refractivity contribution in [1.82, 2.24) is 24.6 Å². The maximum Gasteiger partial charge on any atom is 0.274 e. The molecule has 3 aromatic rings. The number of imidazole rings is 1. The SMILES string of the molecule is COc1ccc([C@H]2N(C(=O)c3cn4cccnc4n3)CCC[C@]23CCC(=O)N3)cc1. The molecule has 4 heterocycles. The summed E-state index contributed by atoms with van der Waals surface area (Å²) >= 11 is 0. The van der Waals surface area contributed by atoms with E-state index in [1.807, 2.05) is 35.4 Å². The van der Waals surface area contributed by atoms with Crippen molar-refractivity contribution in [3.8, 4) is 5.75 Å². The second kappa shape index (κ2) is 7.12. The van der Waals surface area contributed by atoms with Gasteiger partial charge in [0.15, 0.2) is 0 Å². The van der Waals surface area contributed by atoms with E-state index < -0.39 is 5.54 Å². The molecule has 0 saturated carbocycles. The summed E-state index contributed by atoms with van der Waals surface area (Å²) in [6, 6.07) is 9.28. The molecular formula is C22H23N5O3. The highest BCUT2D eigenvalue weighted by molar-refractivity contribution is 5.93. The lowest BCUT2D eigenvalue weighted by molar-refractivity contribution is -0.120. The third-order valence-electron chi connectivity index (χ3n) is 6.19. The second-order valence-corrected chi connectivity index (χ2v) is 7.94. The second-order valence-electron chi connectivity index (χ2n) is 7.94. The average molecular weight is 405 g/mol. The number of benzene rings is 1. The van der Waals surface area contributed by atoms with Crippen LogP contribution in [0.5, 0.6) is 5.75 Å². The van der Waals surface area contributed by atoms with E-state index in [0.29, 0.717) is 30.9 Å². The van der Waals surface area contributed by atoms with Gasteiger partial charge in [-0.2, -0.15) is 0 Å². The normalized spacial score (nSPS) is 23.7. The minimum atomic E-state index is -0.461. The van der Waals surface area contributed by atoms with E-state index in [2.05, 4.69) is 15.3 Å². The number of carbonyl (C=O) groups excluding carboxylic acids is 2. The molecule has 1 spiro atoms. The van der Waals surface area contributed by atoms with Crippen LogP contribution in [-0.4, -0.2) is 50.3 Å². The molecular weight excluding hydrogens is 382 g/mol. The molecule has 2 atom stereocenters. The number of nitrogens with zero attached hydrogens (tertiary/aromatic N) is 4. The van der Waals surface area contributed by atoms with Crippen LogP contribution in [0.2, 0.25) is 0 Å². The zero-order valence-electron chi connectivity index (χ0n) is 16.7. The van der Waals surface area contributed by atoms with Crippen molar-refractivity contribution >= 4 is 17.6 Å². The number of piperidine rings is 1. The lowest BCUT2D eigenvalue weighted by atomic mass is 9.76. The molecule has 2 aliphatic rings. The molecule has 0 bridgehead atoms. The summed E-state index contributed by atoms with van der Waals surface area (Å²) in [6.45, 7) is 0.606. The van der Waals surface area contributed by atoms with Gasteiger partial charge in [0.05, 0.1) is 18.7 Å². The zero-order chi connectivity index (χ0) is 20.7. The summed E-state index contributed by atoms with van der Waals surface area (Å²) < 4.78 is 7.04. The van der Waals surface area contributed by atoms with Crippen LogP contribution in [0.4, 0.5) is 0 Å². The topological polar surface area (TPSA) is 88.8 Å². The molecule has 30 heavy (non-hydrogen) atoms. The maximum atomic E-state index is 13.6. The van der Waals surface area contributed by atoms with E-state index in [0.717, 1.165) is 24.2 Å². The van der Waals surface area contributed by atoms with Gasteiger partial charge < -0.3 is 15.0 Å². The Morgan fingerprint density at radius 2 is 2.10 bits per heavy atom. The van der Waals surface area contributed by atoms with Gasteiger partial charge in [-0.05, 0) is 43.0 Å². The number of methoxy groups -OCH3 is 1. The third-order valence-corrected chi connectivity index (χ3v) is 6.19. The molecule has 8 nitrogen and oxygen atoms in total. The number of aromatic nitrogens is 3. The summed E-state index contributed by atoms with van der Waals surface area (Å²) in [7, 11) is 1.63. The smallest absolute Gasteiger partial charge is 0.274 e. The predicted molar refractivity (Wildman–Crippen MR) is 109 cm³/mol. The summed E-state index contributed by atoms with van der Waals surface area (Å²) in [5.74, 6) is 1.13. The van der Waals surface area contributed by atoms with Crippen LogP contribution in [0, 0.1) is 0 Å². The first-order chi connectivity index (χ1) is 14.6.